The standard InChI is InChI=1S/C22H17ClN2O2S2/c23-18-13-11-17(12-14-18)16-28-22(25-19-7-3-1-4-8-19)21(15-24)29(26,27)20-9-5-2-6-10-20/h1-14,25H,16H2/b22-21+. The molecule has 0 saturated carbocycles. The Bertz CT molecular complexity index is 1140. The molecule has 0 aromatic heterocycles. The van der Waals surface area contributed by atoms with E-state index in [1.165, 1.54) is 23.9 Å². The first-order chi connectivity index (χ1) is 14.0. The Hall–Kier alpha value is -2.72. The van der Waals surface area contributed by atoms with Crippen LogP contribution < -0.4 is 5.32 Å². The summed E-state index contributed by atoms with van der Waals surface area (Å²) in [6, 6.07) is 26.3. The van der Waals surface area contributed by atoms with Gasteiger partial charge in [-0.25, -0.2) is 8.42 Å². The van der Waals surface area contributed by atoms with E-state index in [-0.39, 0.29) is 14.8 Å². The van der Waals surface area contributed by atoms with Crippen LogP contribution in [0, 0.1) is 11.3 Å². The van der Waals surface area contributed by atoms with Crippen LogP contribution in [0.1, 0.15) is 5.56 Å². The number of thioether (sulfide) groups is 1. The van der Waals surface area contributed by atoms with Crippen molar-refractivity contribution in [2.24, 2.45) is 0 Å². The lowest BCUT2D eigenvalue weighted by Gasteiger charge is -2.14. The summed E-state index contributed by atoms with van der Waals surface area (Å²) in [6.45, 7) is 0. The highest BCUT2D eigenvalue weighted by Gasteiger charge is 2.25. The van der Waals surface area contributed by atoms with E-state index in [0.717, 1.165) is 5.56 Å². The van der Waals surface area contributed by atoms with Crippen molar-refractivity contribution in [1.82, 2.24) is 0 Å². The number of benzene rings is 3. The maximum Gasteiger partial charge on any atom is 0.219 e. The van der Waals surface area contributed by atoms with E-state index in [2.05, 4.69) is 5.32 Å². The van der Waals surface area contributed by atoms with Gasteiger partial charge < -0.3 is 5.32 Å². The largest absolute Gasteiger partial charge is 0.349 e. The van der Waals surface area contributed by atoms with Gasteiger partial charge in [0.1, 0.15) is 11.1 Å². The molecule has 0 aliphatic heterocycles. The molecule has 0 aliphatic carbocycles. The number of hydrogen-bond acceptors (Lipinski definition) is 5. The zero-order chi connectivity index (χ0) is 20.7. The SMILES string of the molecule is N#C/C(=C(/Nc1ccccc1)SCc1ccc(Cl)cc1)S(=O)(=O)c1ccccc1. The van der Waals surface area contributed by atoms with Crippen LogP contribution in [0.2, 0.25) is 5.02 Å². The first kappa shape index (κ1) is 21.0. The van der Waals surface area contributed by atoms with Crippen LogP contribution in [0.15, 0.2) is 99.8 Å². The van der Waals surface area contributed by atoms with E-state index in [1.807, 2.05) is 48.5 Å². The highest BCUT2D eigenvalue weighted by molar-refractivity contribution is 8.04. The molecule has 146 valence electrons. The van der Waals surface area contributed by atoms with E-state index in [9.17, 15) is 13.7 Å². The third kappa shape index (κ3) is 5.42. The molecule has 0 heterocycles. The molecule has 0 radical (unpaired) electrons. The topological polar surface area (TPSA) is 70.0 Å². The first-order valence-corrected chi connectivity index (χ1v) is 11.5. The van der Waals surface area contributed by atoms with Gasteiger partial charge in [0.15, 0.2) is 4.91 Å². The highest BCUT2D eigenvalue weighted by Crippen LogP contribution is 2.31. The molecule has 0 unspecified atom stereocenters. The molecule has 0 fully saturated rings. The van der Waals surface area contributed by atoms with Crippen LogP contribution in [0.4, 0.5) is 5.69 Å². The fourth-order valence-corrected chi connectivity index (χ4v) is 5.17. The van der Waals surface area contributed by atoms with Crippen molar-refractivity contribution in [2.45, 2.75) is 10.6 Å². The Morgan fingerprint density at radius 1 is 0.931 bits per heavy atom. The van der Waals surface area contributed by atoms with Crippen LogP contribution in [0.5, 0.6) is 0 Å². The van der Waals surface area contributed by atoms with Gasteiger partial charge in [0.25, 0.3) is 0 Å². The second-order valence-corrected chi connectivity index (χ2v) is 9.30. The molecular weight excluding hydrogens is 424 g/mol. The average molecular weight is 441 g/mol. The summed E-state index contributed by atoms with van der Waals surface area (Å²) in [5, 5.41) is 13.8. The molecule has 0 amide bonds. The molecule has 7 heteroatoms. The van der Waals surface area contributed by atoms with Crippen LogP contribution in [0.25, 0.3) is 0 Å². The number of nitrogens with one attached hydrogen (secondary N) is 1. The predicted molar refractivity (Wildman–Crippen MR) is 119 cm³/mol. The second kappa shape index (κ2) is 9.66. The van der Waals surface area contributed by atoms with Crippen LogP contribution in [-0.4, -0.2) is 8.42 Å². The summed E-state index contributed by atoms with van der Waals surface area (Å²) in [4.78, 5) is -0.234. The molecule has 0 bridgehead atoms. The van der Waals surface area contributed by atoms with Crippen molar-refractivity contribution in [2.75, 3.05) is 5.32 Å². The van der Waals surface area contributed by atoms with E-state index in [1.54, 1.807) is 30.3 Å². The van der Waals surface area contributed by atoms with Gasteiger partial charge in [0.2, 0.25) is 9.84 Å². The lowest BCUT2D eigenvalue weighted by atomic mass is 10.2. The molecule has 0 atom stereocenters. The summed E-state index contributed by atoms with van der Waals surface area (Å²) in [6.07, 6.45) is 0. The Balaban J connectivity index is 2.01. The summed E-state index contributed by atoms with van der Waals surface area (Å²) in [7, 11) is -3.97. The van der Waals surface area contributed by atoms with Gasteiger partial charge in [-0.3, -0.25) is 0 Å². The molecule has 3 aromatic rings. The normalized spacial score (nSPS) is 12.0. The molecule has 29 heavy (non-hydrogen) atoms. The molecule has 0 spiro atoms. The van der Waals surface area contributed by atoms with E-state index in [4.69, 9.17) is 11.6 Å². The van der Waals surface area contributed by atoms with Crippen molar-refractivity contribution in [3.8, 4) is 6.07 Å². The molecule has 0 saturated heterocycles. The van der Waals surface area contributed by atoms with Crippen molar-refractivity contribution in [3.05, 3.63) is 105 Å². The predicted octanol–water partition coefficient (Wildman–Crippen LogP) is 5.85. The zero-order valence-corrected chi connectivity index (χ0v) is 17.6. The lowest BCUT2D eigenvalue weighted by Crippen LogP contribution is -2.10. The number of anilines is 1. The number of nitrogens with zero attached hydrogens (tertiary/aromatic N) is 1. The minimum Gasteiger partial charge on any atom is -0.349 e. The highest BCUT2D eigenvalue weighted by atomic mass is 35.5. The van der Waals surface area contributed by atoms with Gasteiger partial charge in [-0.2, -0.15) is 5.26 Å². The monoisotopic (exact) mass is 440 g/mol. The average Bonchev–Trinajstić information content (AvgIpc) is 2.75. The minimum absolute atomic E-state index is 0.0796. The van der Waals surface area contributed by atoms with Crippen molar-refractivity contribution >= 4 is 38.9 Å². The number of rotatable bonds is 7. The molecule has 4 nitrogen and oxygen atoms in total. The smallest absolute Gasteiger partial charge is 0.219 e. The second-order valence-electron chi connectivity index (χ2n) is 5.99. The molecule has 3 rings (SSSR count). The zero-order valence-electron chi connectivity index (χ0n) is 15.2. The molecule has 3 aromatic carbocycles. The van der Waals surface area contributed by atoms with Crippen molar-refractivity contribution < 1.29 is 8.42 Å². The fourth-order valence-electron chi connectivity index (χ4n) is 2.50. The summed E-state index contributed by atoms with van der Waals surface area (Å²) >= 11 is 7.18. The first-order valence-electron chi connectivity index (χ1n) is 8.64. The summed E-state index contributed by atoms with van der Waals surface area (Å²) in [5.41, 5.74) is 1.66. The Morgan fingerprint density at radius 3 is 2.10 bits per heavy atom. The number of hydrogen-bond donors (Lipinski definition) is 1. The van der Waals surface area contributed by atoms with Gasteiger partial charge in [0, 0.05) is 16.5 Å². The Morgan fingerprint density at radius 2 is 1.52 bits per heavy atom. The number of sulfone groups is 1. The van der Waals surface area contributed by atoms with Gasteiger partial charge in [0.05, 0.1) is 4.90 Å². The third-order valence-corrected chi connectivity index (χ3v) is 7.14. The van der Waals surface area contributed by atoms with Crippen molar-refractivity contribution in [1.29, 1.82) is 5.26 Å². The number of halogens is 1. The minimum atomic E-state index is -3.97. The van der Waals surface area contributed by atoms with E-state index >= 15 is 0 Å². The Labute approximate surface area is 179 Å². The van der Waals surface area contributed by atoms with Crippen molar-refractivity contribution in [3.63, 3.8) is 0 Å². The number of nitriles is 1. The lowest BCUT2D eigenvalue weighted by molar-refractivity contribution is 0.603. The van der Waals surface area contributed by atoms with Crippen LogP contribution >= 0.6 is 23.4 Å². The molecule has 1 N–H and O–H groups in total. The molecular formula is C22H17ClN2O2S2. The van der Waals surface area contributed by atoms with Gasteiger partial charge in [-0.15, -0.1) is 11.8 Å². The van der Waals surface area contributed by atoms with E-state index in [0.29, 0.717) is 16.5 Å². The van der Waals surface area contributed by atoms with Gasteiger partial charge in [-0.05, 0) is 42.0 Å². The fraction of sp³-hybridized carbons (Fsp3) is 0.0455. The Kier molecular flexibility index (Phi) is 6.99. The van der Waals surface area contributed by atoms with Crippen LogP contribution in [-0.2, 0) is 15.6 Å². The summed E-state index contributed by atoms with van der Waals surface area (Å²) in [5.74, 6) is 0.474. The third-order valence-electron chi connectivity index (χ3n) is 3.96. The maximum atomic E-state index is 13.1. The van der Waals surface area contributed by atoms with Gasteiger partial charge >= 0.3 is 0 Å². The maximum absolute atomic E-state index is 13.1. The van der Waals surface area contributed by atoms with E-state index < -0.39 is 9.84 Å². The number of allylic oxidation sites excluding steroid dienone is 1. The molecule has 0 aliphatic rings. The quantitative estimate of drug-likeness (QED) is 0.466. The van der Waals surface area contributed by atoms with Crippen LogP contribution in [0.3, 0.4) is 0 Å². The van der Waals surface area contributed by atoms with Gasteiger partial charge in [-0.1, -0.05) is 60.1 Å². The number of para-hydroxylation sites is 1. The summed E-state index contributed by atoms with van der Waals surface area (Å²) < 4.78 is 26.2.